The van der Waals surface area contributed by atoms with E-state index in [1.54, 1.807) is 18.6 Å². The highest BCUT2D eigenvalue weighted by molar-refractivity contribution is 5.81. The van der Waals surface area contributed by atoms with Crippen molar-refractivity contribution in [1.29, 1.82) is 0 Å². The van der Waals surface area contributed by atoms with Crippen molar-refractivity contribution in [2.45, 2.75) is 18.9 Å². The third kappa shape index (κ3) is 3.37. The van der Waals surface area contributed by atoms with Gasteiger partial charge in [-0.1, -0.05) is 12.1 Å². The Labute approximate surface area is 137 Å². The van der Waals surface area contributed by atoms with Crippen LogP contribution in [0.3, 0.4) is 0 Å². The smallest absolute Gasteiger partial charge is 0.241 e. The van der Waals surface area contributed by atoms with Crippen molar-refractivity contribution in [3.05, 3.63) is 42.9 Å². The lowest BCUT2D eigenvalue weighted by Crippen LogP contribution is -2.40. The van der Waals surface area contributed by atoms with E-state index in [1.807, 2.05) is 24.3 Å². The van der Waals surface area contributed by atoms with Crippen molar-refractivity contribution in [1.82, 2.24) is 19.9 Å². The lowest BCUT2D eigenvalue weighted by Gasteiger charge is -2.14. The number of rotatable bonds is 7. The first-order valence-corrected chi connectivity index (χ1v) is 7.43. The van der Waals surface area contributed by atoms with Crippen molar-refractivity contribution in [3.8, 4) is 11.3 Å². The number of fused-ring (bicyclic) bond motifs is 1. The summed E-state index contributed by atoms with van der Waals surface area (Å²) >= 11 is 0. The number of benzene rings is 1. The molecule has 2 heterocycles. The zero-order valence-electron chi connectivity index (χ0n) is 12.8. The number of para-hydroxylation sites is 2. The molecule has 0 saturated heterocycles. The van der Waals surface area contributed by atoms with Crippen LogP contribution < -0.4 is 11.2 Å². The third-order valence-corrected chi connectivity index (χ3v) is 3.53. The molecular weight excluding hydrogens is 308 g/mol. The molecule has 8 nitrogen and oxygen atoms in total. The van der Waals surface area contributed by atoms with Crippen LogP contribution >= 0.6 is 0 Å². The molecule has 0 aliphatic carbocycles. The predicted molar refractivity (Wildman–Crippen MR) is 88.4 cm³/mol. The molecule has 1 unspecified atom stereocenters. The number of hydrogen-bond donors (Lipinski definition) is 2. The topological polar surface area (TPSA) is 116 Å². The molecule has 3 aromatic rings. The number of nitrogens with one attached hydrogen (secondary N) is 1. The second-order valence-corrected chi connectivity index (χ2v) is 5.25. The van der Waals surface area contributed by atoms with Gasteiger partial charge in [0.2, 0.25) is 5.91 Å². The summed E-state index contributed by atoms with van der Waals surface area (Å²) in [7, 11) is 0. The Morgan fingerprint density at radius 1 is 1.29 bits per heavy atom. The van der Waals surface area contributed by atoms with Crippen LogP contribution in [0, 0.1) is 0 Å². The fourth-order valence-electron chi connectivity index (χ4n) is 2.29. The maximum Gasteiger partial charge on any atom is 0.241 e. The highest BCUT2D eigenvalue weighted by atomic mass is 16.1. The molecule has 3 N–H and O–H groups in total. The Kier molecular flexibility index (Phi) is 4.46. The van der Waals surface area contributed by atoms with Gasteiger partial charge in [0.1, 0.15) is 12.3 Å². The van der Waals surface area contributed by atoms with Crippen LogP contribution in [0.2, 0.25) is 0 Å². The van der Waals surface area contributed by atoms with Gasteiger partial charge in [-0.2, -0.15) is 9.89 Å². The van der Waals surface area contributed by atoms with Crippen molar-refractivity contribution in [3.63, 3.8) is 0 Å². The molecule has 1 atom stereocenters. The Hall–Kier alpha value is -3.29. The van der Waals surface area contributed by atoms with Crippen LogP contribution in [-0.2, 0) is 9.59 Å². The highest BCUT2D eigenvalue weighted by Crippen LogP contribution is 2.18. The molecule has 24 heavy (non-hydrogen) atoms. The van der Waals surface area contributed by atoms with E-state index in [4.69, 9.17) is 5.73 Å². The minimum Gasteiger partial charge on any atom is -0.368 e. The van der Waals surface area contributed by atoms with Crippen LogP contribution in [0.25, 0.3) is 22.3 Å². The SMILES string of the molecule is NC(=O)C(CCC=O)Nn1cc(-c2cnc3ccccc3n2)cn1. The number of carbonyl (C=O) groups is 2. The lowest BCUT2D eigenvalue weighted by molar-refractivity contribution is -0.119. The van der Waals surface area contributed by atoms with E-state index in [2.05, 4.69) is 20.5 Å². The number of nitrogens with two attached hydrogens (primary N) is 1. The summed E-state index contributed by atoms with van der Waals surface area (Å²) in [6.45, 7) is 0. The molecule has 0 saturated carbocycles. The second-order valence-electron chi connectivity index (χ2n) is 5.25. The Bertz CT molecular complexity index is 876. The standard InChI is InChI=1S/C16H16N6O2/c17-16(24)14(6-3-7-23)21-22-10-11(8-19-22)15-9-18-12-4-1-2-5-13(12)20-15/h1-2,4-5,7-10,14,21H,3,6H2,(H2,17,24). The number of nitrogens with zero attached hydrogens (tertiary/aromatic N) is 4. The average Bonchev–Trinajstić information content (AvgIpc) is 3.06. The van der Waals surface area contributed by atoms with Crippen LogP contribution in [0.15, 0.2) is 42.9 Å². The summed E-state index contributed by atoms with van der Waals surface area (Å²) in [6.07, 6.45) is 6.27. The molecule has 2 aromatic heterocycles. The van der Waals surface area contributed by atoms with Gasteiger partial charge >= 0.3 is 0 Å². The van der Waals surface area contributed by atoms with Crippen LogP contribution in [0.5, 0.6) is 0 Å². The van der Waals surface area contributed by atoms with Crippen molar-refractivity contribution < 1.29 is 9.59 Å². The molecule has 0 aliphatic rings. The van der Waals surface area contributed by atoms with Crippen LogP contribution in [0.4, 0.5) is 0 Å². The van der Waals surface area contributed by atoms with Crippen molar-refractivity contribution in [2.24, 2.45) is 5.73 Å². The molecule has 122 valence electrons. The fourth-order valence-corrected chi connectivity index (χ4v) is 2.29. The third-order valence-electron chi connectivity index (χ3n) is 3.53. The summed E-state index contributed by atoms with van der Waals surface area (Å²) in [6, 6.07) is 6.90. The number of aldehydes is 1. The first kappa shape index (κ1) is 15.6. The maximum absolute atomic E-state index is 11.4. The Morgan fingerprint density at radius 3 is 2.83 bits per heavy atom. The van der Waals surface area contributed by atoms with Crippen molar-refractivity contribution in [2.75, 3.05) is 5.43 Å². The number of aromatic nitrogens is 4. The van der Waals surface area contributed by atoms with Crippen LogP contribution in [-0.4, -0.2) is 38.1 Å². The zero-order valence-corrected chi connectivity index (χ0v) is 12.8. The van der Waals surface area contributed by atoms with E-state index in [-0.39, 0.29) is 6.42 Å². The zero-order chi connectivity index (χ0) is 16.9. The highest BCUT2D eigenvalue weighted by Gasteiger charge is 2.15. The summed E-state index contributed by atoms with van der Waals surface area (Å²) in [5.41, 5.74) is 11.2. The fraction of sp³-hybridized carbons (Fsp3) is 0.188. The van der Waals surface area contributed by atoms with Gasteiger partial charge in [-0.3, -0.25) is 15.2 Å². The first-order chi connectivity index (χ1) is 11.7. The summed E-state index contributed by atoms with van der Waals surface area (Å²) in [5, 5.41) is 4.14. The second kappa shape index (κ2) is 6.86. The number of carbonyl (C=O) groups excluding carboxylic acids is 2. The molecule has 0 bridgehead atoms. The molecule has 8 heteroatoms. The predicted octanol–water partition coefficient (Wildman–Crippen LogP) is 0.870. The van der Waals surface area contributed by atoms with E-state index in [0.717, 1.165) is 22.9 Å². The van der Waals surface area contributed by atoms with Gasteiger partial charge in [0.25, 0.3) is 0 Å². The Morgan fingerprint density at radius 2 is 2.08 bits per heavy atom. The normalized spacial score (nSPS) is 12.0. The number of amides is 1. The van der Waals surface area contributed by atoms with Gasteiger partial charge in [0, 0.05) is 12.0 Å². The van der Waals surface area contributed by atoms with E-state index >= 15 is 0 Å². The summed E-state index contributed by atoms with van der Waals surface area (Å²) in [4.78, 5) is 32.2. The molecule has 0 fully saturated rings. The lowest BCUT2D eigenvalue weighted by atomic mass is 10.2. The van der Waals surface area contributed by atoms with E-state index in [9.17, 15) is 9.59 Å². The number of hydrogen-bond acceptors (Lipinski definition) is 6. The first-order valence-electron chi connectivity index (χ1n) is 7.43. The van der Waals surface area contributed by atoms with Gasteiger partial charge < -0.3 is 10.5 Å². The molecule has 1 amide bonds. The molecule has 0 aliphatic heterocycles. The number of primary amides is 1. The van der Waals surface area contributed by atoms with Gasteiger partial charge in [-0.15, -0.1) is 0 Å². The van der Waals surface area contributed by atoms with E-state index in [0.29, 0.717) is 12.1 Å². The minimum atomic E-state index is -0.675. The maximum atomic E-state index is 11.4. The largest absolute Gasteiger partial charge is 0.368 e. The van der Waals surface area contributed by atoms with Crippen molar-refractivity contribution >= 4 is 23.2 Å². The minimum absolute atomic E-state index is 0.241. The average molecular weight is 324 g/mol. The summed E-state index contributed by atoms with van der Waals surface area (Å²) in [5.74, 6) is -0.542. The van der Waals surface area contributed by atoms with E-state index in [1.165, 1.54) is 4.79 Å². The quantitative estimate of drug-likeness (QED) is 0.623. The van der Waals surface area contributed by atoms with Crippen LogP contribution in [0.1, 0.15) is 12.8 Å². The molecule has 1 aromatic carbocycles. The molecule has 0 radical (unpaired) electrons. The van der Waals surface area contributed by atoms with E-state index < -0.39 is 11.9 Å². The molecular formula is C16H16N6O2. The molecule has 0 spiro atoms. The van der Waals surface area contributed by atoms with Gasteiger partial charge in [-0.25, -0.2) is 4.98 Å². The summed E-state index contributed by atoms with van der Waals surface area (Å²) < 4.78 is 0. The Balaban J connectivity index is 1.80. The van der Waals surface area contributed by atoms with Gasteiger partial charge in [0.15, 0.2) is 0 Å². The van der Waals surface area contributed by atoms with Gasteiger partial charge in [0.05, 0.1) is 35.3 Å². The van der Waals surface area contributed by atoms with Gasteiger partial charge in [-0.05, 0) is 18.6 Å². The molecule has 3 rings (SSSR count). The monoisotopic (exact) mass is 324 g/mol.